The third-order valence-corrected chi connectivity index (χ3v) is 3.42. The number of aliphatic hydroxyl groups excluding tert-OH is 1. The van der Waals surface area contributed by atoms with Crippen LogP contribution in [0.1, 0.15) is 51.2 Å². The second kappa shape index (κ2) is 7.37. The summed E-state index contributed by atoms with van der Waals surface area (Å²) in [6, 6.07) is 4.68. The molecule has 1 N–H and O–H groups in total. The van der Waals surface area contributed by atoms with Gasteiger partial charge >= 0.3 is 0 Å². The van der Waals surface area contributed by atoms with Crippen molar-refractivity contribution in [3.05, 3.63) is 29.6 Å². The molecule has 0 aliphatic carbocycles. The molecule has 0 aromatic heterocycles. The Morgan fingerprint density at radius 2 is 2.06 bits per heavy atom. The van der Waals surface area contributed by atoms with Crippen molar-refractivity contribution in [3.63, 3.8) is 0 Å². The zero-order chi connectivity index (χ0) is 13.5. The van der Waals surface area contributed by atoms with E-state index in [1.807, 2.05) is 0 Å². The van der Waals surface area contributed by atoms with Crippen LogP contribution in [0.25, 0.3) is 0 Å². The van der Waals surface area contributed by atoms with Gasteiger partial charge in [-0.25, -0.2) is 4.39 Å². The zero-order valence-corrected chi connectivity index (χ0v) is 11.4. The lowest BCUT2D eigenvalue weighted by Gasteiger charge is -2.22. The van der Waals surface area contributed by atoms with Crippen LogP contribution >= 0.6 is 0 Å². The van der Waals surface area contributed by atoms with E-state index in [4.69, 9.17) is 4.74 Å². The van der Waals surface area contributed by atoms with Crippen LogP contribution in [0.5, 0.6) is 5.75 Å². The van der Waals surface area contributed by atoms with Crippen molar-refractivity contribution in [2.75, 3.05) is 7.11 Å². The van der Waals surface area contributed by atoms with Gasteiger partial charge in [-0.15, -0.1) is 0 Å². The average Bonchev–Trinajstić information content (AvgIpc) is 2.39. The van der Waals surface area contributed by atoms with Crippen molar-refractivity contribution in [1.29, 1.82) is 0 Å². The fourth-order valence-electron chi connectivity index (χ4n) is 2.19. The van der Waals surface area contributed by atoms with Gasteiger partial charge in [0.05, 0.1) is 13.2 Å². The summed E-state index contributed by atoms with van der Waals surface area (Å²) >= 11 is 0. The fourth-order valence-corrected chi connectivity index (χ4v) is 2.19. The summed E-state index contributed by atoms with van der Waals surface area (Å²) < 4.78 is 18.5. The van der Waals surface area contributed by atoms with Crippen LogP contribution in [0.4, 0.5) is 4.39 Å². The zero-order valence-electron chi connectivity index (χ0n) is 11.4. The maximum absolute atomic E-state index is 13.6. The molecule has 0 bridgehead atoms. The van der Waals surface area contributed by atoms with E-state index in [1.165, 1.54) is 13.2 Å². The molecule has 3 heteroatoms. The van der Waals surface area contributed by atoms with Gasteiger partial charge in [-0.05, 0) is 30.0 Å². The molecule has 18 heavy (non-hydrogen) atoms. The SMILES string of the molecule is CCCCC(CC)C(O)c1ccc(OC)c(F)c1. The van der Waals surface area contributed by atoms with Gasteiger partial charge in [-0.3, -0.25) is 0 Å². The molecule has 0 aliphatic heterocycles. The molecule has 0 radical (unpaired) electrons. The molecule has 0 amide bonds. The molecular formula is C15H23FO2. The van der Waals surface area contributed by atoms with Crippen molar-refractivity contribution in [2.45, 2.75) is 45.6 Å². The van der Waals surface area contributed by atoms with Gasteiger partial charge in [0.2, 0.25) is 0 Å². The minimum Gasteiger partial charge on any atom is -0.494 e. The smallest absolute Gasteiger partial charge is 0.165 e. The number of benzene rings is 1. The highest BCUT2D eigenvalue weighted by atomic mass is 19.1. The van der Waals surface area contributed by atoms with Crippen molar-refractivity contribution < 1.29 is 14.2 Å². The second-order valence-electron chi connectivity index (χ2n) is 4.65. The molecule has 0 spiro atoms. The number of unbranched alkanes of at least 4 members (excludes halogenated alkanes) is 1. The van der Waals surface area contributed by atoms with Crippen LogP contribution < -0.4 is 4.74 Å². The third kappa shape index (κ3) is 3.70. The van der Waals surface area contributed by atoms with Gasteiger partial charge in [0.25, 0.3) is 0 Å². The summed E-state index contributed by atoms with van der Waals surface area (Å²) in [6.07, 6.45) is 3.48. The first-order chi connectivity index (χ1) is 8.63. The summed E-state index contributed by atoms with van der Waals surface area (Å²) in [4.78, 5) is 0. The van der Waals surface area contributed by atoms with Crippen molar-refractivity contribution in [1.82, 2.24) is 0 Å². The Bertz CT molecular complexity index is 366. The van der Waals surface area contributed by atoms with Gasteiger partial charge < -0.3 is 9.84 Å². The molecule has 1 rings (SSSR count). The molecule has 2 unspecified atom stereocenters. The van der Waals surface area contributed by atoms with Crippen LogP contribution in [-0.2, 0) is 0 Å². The minimum absolute atomic E-state index is 0.192. The highest BCUT2D eigenvalue weighted by Crippen LogP contribution is 2.31. The lowest BCUT2D eigenvalue weighted by molar-refractivity contribution is 0.0985. The molecule has 1 aromatic carbocycles. The van der Waals surface area contributed by atoms with E-state index in [9.17, 15) is 9.50 Å². The molecule has 0 saturated carbocycles. The van der Waals surface area contributed by atoms with E-state index in [-0.39, 0.29) is 11.7 Å². The number of halogens is 1. The second-order valence-corrected chi connectivity index (χ2v) is 4.65. The first-order valence-electron chi connectivity index (χ1n) is 6.65. The average molecular weight is 254 g/mol. The standard InChI is InChI=1S/C15H23FO2/c1-4-6-7-11(5-2)15(17)12-8-9-14(18-3)13(16)10-12/h8-11,15,17H,4-7H2,1-3H3. The molecule has 0 heterocycles. The molecule has 2 nitrogen and oxygen atoms in total. The van der Waals surface area contributed by atoms with Gasteiger partial charge in [0, 0.05) is 0 Å². The molecule has 0 fully saturated rings. The fraction of sp³-hybridized carbons (Fsp3) is 0.600. The van der Waals surface area contributed by atoms with Crippen LogP contribution in [0.3, 0.4) is 0 Å². The predicted molar refractivity (Wildman–Crippen MR) is 71.2 cm³/mol. The maximum atomic E-state index is 13.6. The third-order valence-electron chi connectivity index (χ3n) is 3.42. The Balaban J connectivity index is 2.81. The van der Waals surface area contributed by atoms with Gasteiger partial charge in [-0.1, -0.05) is 39.2 Å². The quantitative estimate of drug-likeness (QED) is 0.794. The first kappa shape index (κ1) is 15.0. The normalized spacial score (nSPS) is 14.3. The number of rotatable bonds is 7. The number of hydrogen-bond acceptors (Lipinski definition) is 2. The van der Waals surface area contributed by atoms with Crippen LogP contribution in [0.2, 0.25) is 0 Å². The Morgan fingerprint density at radius 3 is 2.56 bits per heavy atom. The van der Waals surface area contributed by atoms with E-state index in [0.29, 0.717) is 5.56 Å². The monoisotopic (exact) mass is 254 g/mol. The maximum Gasteiger partial charge on any atom is 0.165 e. The molecule has 1 aromatic rings. The Labute approximate surface area is 109 Å². The van der Waals surface area contributed by atoms with Crippen molar-refractivity contribution in [2.24, 2.45) is 5.92 Å². The summed E-state index contributed by atoms with van der Waals surface area (Å²) in [5.41, 5.74) is 0.635. The minimum atomic E-state index is -0.595. The lowest BCUT2D eigenvalue weighted by atomic mass is 9.89. The van der Waals surface area contributed by atoms with Gasteiger partial charge in [0.1, 0.15) is 0 Å². The van der Waals surface area contributed by atoms with Crippen LogP contribution in [0, 0.1) is 11.7 Å². The van der Waals surface area contributed by atoms with Crippen LogP contribution in [-0.4, -0.2) is 12.2 Å². The Morgan fingerprint density at radius 1 is 1.33 bits per heavy atom. The van der Waals surface area contributed by atoms with Gasteiger partial charge in [-0.2, -0.15) is 0 Å². The van der Waals surface area contributed by atoms with Gasteiger partial charge in [0.15, 0.2) is 11.6 Å². The number of hydrogen-bond donors (Lipinski definition) is 1. The van der Waals surface area contributed by atoms with E-state index in [0.717, 1.165) is 25.7 Å². The first-order valence-corrected chi connectivity index (χ1v) is 6.65. The Kier molecular flexibility index (Phi) is 6.13. The predicted octanol–water partition coefficient (Wildman–Crippen LogP) is 4.08. The van der Waals surface area contributed by atoms with E-state index < -0.39 is 11.9 Å². The van der Waals surface area contributed by atoms with E-state index in [1.54, 1.807) is 12.1 Å². The lowest BCUT2D eigenvalue weighted by Crippen LogP contribution is -2.12. The largest absolute Gasteiger partial charge is 0.494 e. The number of methoxy groups -OCH3 is 1. The molecule has 102 valence electrons. The summed E-state index contributed by atoms with van der Waals surface area (Å²) in [5.74, 6) is -0.00954. The van der Waals surface area contributed by atoms with E-state index in [2.05, 4.69) is 13.8 Å². The molecule has 2 atom stereocenters. The highest BCUT2D eigenvalue weighted by Gasteiger charge is 2.20. The molecular weight excluding hydrogens is 231 g/mol. The number of ether oxygens (including phenoxy) is 1. The summed E-state index contributed by atoms with van der Waals surface area (Å²) in [6.45, 7) is 4.19. The highest BCUT2D eigenvalue weighted by molar-refractivity contribution is 5.30. The van der Waals surface area contributed by atoms with Crippen molar-refractivity contribution in [3.8, 4) is 5.75 Å². The molecule has 0 aliphatic rings. The Hall–Kier alpha value is -1.09. The topological polar surface area (TPSA) is 29.5 Å². The van der Waals surface area contributed by atoms with E-state index >= 15 is 0 Å². The summed E-state index contributed by atoms with van der Waals surface area (Å²) in [7, 11) is 1.44. The van der Waals surface area contributed by atoms with Crippen LogP contribution in [0.15, 0.2) is 18.2 Å². The number of aliphatic hydroxyl groups is 1. The summed E-state index contributed by atoms with van der Waals surface area (Å²) in [5, 5.41) is 10.3. The molecule has 0 saturated heterocycles. The van der Waals surface area contributed by atoms with Crippen molar-refractivity contribution >= 4 is 0 Å².